The Morgan fingerprint density at radius 2 is 1.75 bits per heavy atom. The maximum Gasteiger partial charge on any atom is 0.175 e. The first-order valence-corrected chi connectivity index (χ1v) is 8.26. The first-order valence-electron chi connectivity index (χ1n) is 6.37. The average Bonchev–Trinajstić information content (AvgIpc) is 2.69. The van der Waals surface area contributed by atoms with Crippen molar-refractivity contribution < 1.29 is 12.8 Å². The molecule has 1 heterocycles. The SMILES string of the molecule is CNC(c1ccc(S(C)(=O)=O)cc1)c1cc(C)oc1C. The smallest absolute Gasteiger partial charge is 0.175 e. The van der Waals surface area contributed by atoms with Crippen LogP contribution >= 0.6 is 0 Å². The van der Waals surface area contributed by atoms with Crippen LogP contribution in [0, 0.1) is 13.8 Å². The Labute approximate surface area is 119 Å². The normalized spacial score (nSPS) is 13.4. The van der Waals surface area contributed by atoms with Crippen LogP contribution in [0.5, 0.6) is 0 Å². The maximum absolute atomic E-state index is 11.5. The summed E-state index contributed by atoms with van der Waals surface area (Å²) in [6.45, 7) is 3.84. The van der Waals surface area contributed by atoms with Crippen molar-refractivity contribution in [2.24, 2.45) is 0 Å². The molecular formula is C15H19NO3S. The van der Waals surface area contributed by atoms with E-state index in [9.17, 15) is 8.42 Å². The van der Waals surface area contributed by atoms with E-state index in [2.05, 4.69) is 5.32 Å². The second kappa shape index (κ2) is 5.42. The molecule has 0 aliphatic rings. The second-order valence-corrected chi connectivity index (χ2v) is 6.95. The van der Waals surface area contributed by atoms with E-state index in [0.717, 1.165) is 22.6 Å². The Hall–Kier alpha value is -1.59. The first kappa shape index (κ1) is 14.8. The van der Waals surface area contributed by atoms with Gasteiger partial charge in [0.05, 0.1) is 10.9 Å². The summed E-state index contributed by atoms with van der Waals surface area (Å²) in [6.07, 6.45) is 1.21. The Balaban J connectivity index is 2.40. The molecule has 108 valence electrons. The minimum Gasteiger partial charge on any atom is -0.466 e. The fourth-order valence-electron chi connectivity index (χ4n) is 2.35. The van der Waals surface area contributed by atoms with Gasteiger partial charge in [-0.05, 0) is 44.7 Å². The molecular weight excluding hydrogens is 274 g/mol. The first-order chi connectivity index (χ1) is 9.32. The van der Waals surface area contributed by atoms with Crippen LogP contribution < -0.4 is 5.32 Å². The lowest BCUT2D eigenvalue weighted by Gasteiger charge is -2.16. The van der Waals surface area contributed by atoms with Crippen molar-refractivity contribution in [2.45, 2.75) is 24.8 Å². The van der Waals surface area contributed by atoms with E-state index in [0.29, 0.717) is 4.90 Å². The third-order valence-electron chi connectivity index (χ3n) is 3.32. The lowest BCUT2D eigenvalue weighted by Crippen LogP contribution is -2.18. The molecule has 0 spiro atoms. The summed E-state index contributed by atoms with van der Waals surface area (Å²) < 4.78 is 28.5. The molecule has 2 rings (SSSR count). The molecule has 0 amide bonds. The summed E-state index contributed by atoms with van der Waals surface area (Å²) >= 11 is 0. The fraction of sp³-hybridized carbons (Fsp3) is 0.333. The summed E-state index contributed by atoms with van der Waals surface area (Å²) in [4.78, 5) is 0.330. The highest BCUT2D eigenvalue weighted by Gasteiger charge is 2.18. The van der Waals surface area contributed by atoms with Gasteiger partial charge in [0.2, 0.25) is 0 Å². The van der Waals surface area contributed by atoms with E-state index in [4.69, 9.17) is 4.42 Å². The molecule has 1 aromatic heterocycles. The van der Waals surface area contributed by atoms with Gasteiger partial charge < -0.3 is 9.73 Å². The maximum atomic E-state index is 11.5. The van der Waals surface area contributed by atoms with Crippen molar-refractivity contribution >= 4 is 9.84 Å². The third kappa shape index (κ3) is 2.94. The monoisotopic (exact) mass is 293 g/mol. The van der Waals surface area contributed by atoms with Crippen molar-refractivity contribution in [3.63, 3.8) is 0 Å². The average molecular weight is 293 g/mol. The van der Waals surface area contributed by atoms with Gasteiger partial charge in [-0.15, -0.1) is 0 Å². The van der Waals surface area contributed by atoms with E-state index in [-0.39, 0.29) is 6.04 Å². The summed E-state index contributed by atoms with van der Waals surface area (Å²) in [7, 11) is -1.29. The van der Waals surface area contributed by atoms with Crippen LogP contribution in [0.1, 0.15) is 28.7 Å². The predicted octanol–water partition coefficient (Wildman–Crippen LogP) is 2.61. The molecule has 2 aromatic rings. The van der Waals surface area contributed by atoms with Gasteiger partial charge in [0.15, 0.2) is 9.84 Å². The van der Waals surface area contributed by atoms with Crippen LogP contribution in [0.4, 0.5) is 0 Å². The highest BCUT2D eigenvalue weighted by molar-refractivity contribution is 7.90. The summed E-state index contributed by atoms with van der Waals surface area (Å²) in [5, 5.41) is 3.24. The minimum atomic E-state index is -3.16. The largest absolute Gasteiger partial charge is 0.466 e. The van der Waals surface area contributed by atoms with E-state index < -0.39 is 9.84 Å². The number of sulfone groups is 1. The molecule has 1 unspecified atom stereocenters. The van der Waals surface area contributed by atoms with Gasteiger partial charge in [0.1, 0.15) is 11.5 Å². The highest BCUT2D eigenvalue weighted by atomic mass is 32.2. The molecule has 1 aromatic carbocycles. The molecule has 0 aliphatic heterocycles. The quantitative estimate of drug-likeness (QED) is 0.941. The molecule has 0 saturated carbocycles. The van der Waals surface area contributed by atoms with E-state index in [1.807, 2.05) is 39.1 Å². The van der Waals surface area contributed by atoms with Crippen LogP contribution in [-0.2, 0) is 9.84 Å². The van der Waals surface area contributed by atoms with Crippen molar-refractivity contribution in [3.05, 3.63) is 53.0 Å². The fourth-order valence-corrected chi connectivity index (χ4v) is 2.98. The summed E-state index contributed by atoms with van der Waals surface area (Å²) in [5.74, 6) is 1.74. The second-order valence-electron chi connectivity index (χ2n) is 4.93. The molecule has 1 N–H and O–H groups in total. The van der Waals surface area contributed by atoms with Crippen molar-refractivity contribution in [3.8, 4) is 0 Å². The Morgan fingerprint density at radius 1 is 1.15 bits per heavy atom. The molecule has 0 fully saturated rings. The van der Waals surface area contributed by atoms with Crippen molar-refractivity contribution in [1.82, 2.24) is 5.32 Å². The molecule has 20 heavy (non-hydrogen) atoms. The molecule has 0 aliphatic carbocycles. The molecule has 4 nitrogen and oxygen atoms in total. The van der Waals surface area contributed by atoms with Gasteiger partial charge in [-0.2, -0.15) is 0 Å². The molecule has 5 heteroatoms. The molecule has 0 saturated heterocycles. The summed E-state index contributed by atoms with van der Waals surface area (Å²) in [6, 6.07) is 8.93. The van der Waals surface area contributed by atoms with Crippen LogP contribution in [0.25, 0.3) is 0 Å². The minimum absolute atomic E-state index is 0.0129. The summed E-state index contributed by atoms with van der Waals surface area (Å²) in [5.41, 5.74) is 2.07. The number of hydrogen-bond acceptors (Lipinski definition) is 4. The van der Waals surface area contributed by atoms with Gasteiger partial charge in [-0.1, -0.05) is 12.1 Å². The van der Waals surface area contributed by atoms with Crippen LogP contribution in [0.2, 0.25) is 0 Å². The zero-order valence-corrected chi connectivity index (χ0v) is 12.9. The van der Waals surface area contributed by atoms with E-state index in [1.165, 1.54) is 6.26 Å². The number of benzene rings is 1. The standard InChI is InChI=1S/C15H19NO3S/c1-10-9-14(11(2)19-10)15(16-3)12-5-7-13(8-6-12)20(4,17)18/h5-9,15-16H,1-4H3. The number of hydrogen-bond donors (Lipinski definition) is 1. The van der Waals surface area contributed by atoms with Gasteiger partial charge in [-0.3, -0.25) is 0 Å². The molecule has 0 radical (unpaired) electrons. The Morgan fingerprint density at radius 3 is 2.15 bits per heavy atom. The zero-order valence-electron chi connectivity index (χ0n) is 12.1. The number of rotatable bonds is 4. The topological polar surface area (TPSA) is 59.3 Å². The zero-order chi connectivity index (χ0) is 14.9. The van der Waals surface area contributed by atoms with Crippen LogP contribution in [-0.4, -0.2) is 21.7 Å². The predicted molar refractivity (Wildman–Crippen MR) is 78.6 cm³/mol. The Kier molecular flexibility index (Phi) is 4.01. The number of nitrogens with one attached hydrogen (secondary N) is 1. The highest BCUT2D eigenvalue weighted by Crippen LogP contribution is 2.27. The number of aryl methyl sites for hydroxylation is 2. The van der Waals surface area contributed by atoms with Crippen LogP contribution in [0.15, 0.2) is 39.6 Å². The van der Waals surface area contributed by atoms with Gasteiger partial charge >= 0.3 is 0 Å². The third-order valence-corrected chi connectivity index (χ3v) is 4.45. The number of furan rings is 1. The van der Waals surface area contributed by atoms with Crippen molar-refractivity contribution in [1.29, 1.82) is 0 Å². The van der Waals surface area contributed by atoms with E-state index >= 15 is 0 Å². The molecule has 0 bridgehead atoms. The van der Waals surface area contributed by atoms with Crippen molar-refractivity contribution in [2.75, 3.05) is 13.3 Å². The van der Waals surface area contributed by atoms with Gasteiger partial charge in [0, 0.05) is 11.8 Å². The van der Waals surface area contributed by atoms with E-state index in [1.54, 1.807) is 12.1 Å². The lowest BCUT2D eigenvalue weighted by atomic mass is 9.99. The van der Waals surface area contributed by atoms with Gasteiger partial charge in [0.25, 0.3) is 0 Å². The molecule has 1 atom stereocenters. The lowest BCUT2D eigenvalue weighted by molar-refractivity contribution is 0.497. The van der Waals surface area contributed by atoms with Crippen LogP contribution in [0.3, 0.4) is 0 Å². The van der Waals surface area contributed by atoms with Gasteiger partial charge in [-0.25, -0.2) is 8.42 Å². The Bertz CT molecular complexity index is 699.